The number of nitrogens with zero attached hydrogens (tertiary/aromatic N) is 1. The fraction of sp³-hybridized carbons (Fsp3) is 0.600. The number of carbonyl (C=O) groups is 1. The highest BCUT2D eigenvalue weighted by Crippen LogP contribution is 2.06. The Kier molecular flexibility index (Phi) is 7.85. The van der Waals surface area contributed by atoms with Crippen LogP contribution in [0, 0.1) is 0 Å². The number of aromatic nitrogens is 1. The van der Waals surface area contributed by atoms with Gasteiger partial charge in [0.2, 0.25) is 5.91 Å². The molecule has 1 amide bonds. The fourth-order valence-corrected chi connectivity index (χ4v) is 1.85. The average Bonchev–Trinajstić information content (AvgIpc) is 2.41. The second kappa shape index (κ2) is 9.63. The lowest BCUT2D eigenvalue weighted by atomic mass is 10.1. The number of hydrogen-bond donors (Lipinski definition) is 1. The number of carbonyl (C=O) groups excluding carboxylic acids is 1. The molecule has 0 saturated heterocycles. The van der Waals surface area contributed by atoms with E-state index in [9.17, 15) is 4.79 Å². The molecule has 0 aliphatic heterocycles. The highest BCUT2D eigenvalue weighted by molar-refractivity contribution is 5.75. The van der Waals surface area contributed by atoms with E-state index in [1.807, 2.05) is 18.2 Å². The first-order valence-corrected chi connectivity index (χ1v) is 6.99. The van der Waals surface area contributed by atoms with Crippen LogP contribution in [0.25, 0.3) is 0 Å². The molecule has 0 aliphatic carbocycles. The third-order valence-electron chi connectivity index (χ3n) is 2.95. The Bertz CT molecular complexity index is 325. The Morgan fingerprint density at radius 2 is 1.94 bits per heavy atom. The predicted molar refractivity (Wildman–Crippen MR) is 74.1 cm³/mol. The van der Waals surface area contributed by atoms with E-state index in [4.69, 9.17) is 0 Å². The molecule has 0 fully saturated rings. The lowest BCUT2D eigenvalue weighted by molar-refractivity contribution is -0.121. The molecule has 0 saturated carbocycles. The number of unbranched alkanes of at least 4 members (excludes halogenated alkanes) is 5. The lowest BCUT2D eigenvalue weighted by Crippen LogP contribution is -2.22. The van der Waals surface area contributed by atoms with Crippen LogP contribution in [0.5, 0.6) is 0 Å². The van der Waals surface area contributed by atoms with Gasteiger partial charge in [-0.15, -0.1) is 0 Å². The largest absolute Gasteiger partial charge is 0.350 e. The van der Waals surface area contributed by atoms with Gasteiger partial charge in [0.15, 0.2) is 0 Å². The van der Waals surface area contributed by atoms with E-state index in [1.165, 1.54) is 25.7 Å². The molecule has 1 heterocycles. The molecule has 18 heavy (non-hydrogen) atoms. The van der Waals surface area contributed by atoms with Crippen LogP contribution in [0.3, 0.4) is 0 Å². The zero-order chi connectivity index (χ0) is 13.1. The van der Waals surface area contributed by atoms with Gasteiger partial charge in [-0.05, 0) is 18.6 Å². The SMILES string of the molecule is CCCCCCCCC(=O)NCc1ccccn1. The molecule has 0 radical (unpaired) electrons. The van der Waals surface area contributed by atoms with Gasteiger partial charge < -0.3 is 5.32 Å². The van der Waals surface area contributed by atoms with Crippen LogP contribution >= 0.6 is 0 Å². The molecule has 0 aromatic carbocycles. The van der Waals surface area contributed by atoms with Gasteiger partial charge in [0, 0.05) is 12.6 Å². The highest BCUT2D eigenvalue weighted by Gasteiger charge is 2.01. The molecule has 1 rings (SSSR count). The summed E-state index contributed by atoms with van der Waals surface area (Å²) < 4.78 is 0. The number of rotatable bonds is 9. The van der Waals surface area contributed by atoms with Crippen LogP contribution in [0.4, 0.5) is 0 Å². The third-order valence-corrected chi connectivity index (χ3v) is 2.95. The molecule has 0 bridgehead atoms. The highest BCUT2D eigenvalue weighted by atomic mass is 16.1. The Morgan fingerprint density at radius 1 is 1.17 bits per heavy atom. The summed E-state index contributed by atoms with van der Waals surface area (Å²) in [5, 5.41) is 2.90. The van der Waals surface area contributed by atoms with E-state index in [-0.39, 0.29) is 5.91 Å². The third kappa shape index (κ3) is 7.05. The summed E-state index contributed by atoms with van der Waals surface area (Å²) in [4.78, 5) is 15.7. The first-order chi connectivity index (χ1) is 8.83. The first-order valence-electron chi connectivity index (χ1n) is 6.99. The van der Waals surface area contributed by atoms with Crippen molar-refractivity contribution in [1.82, 2.24) is 10.3 Å². The summed E-state index contributed by atoms with van der Waals surface area (Å²) in [6.45, 7) is 2.75. The summed E-state index contributed by atoms with van der Waals surface area (Å²) in [5.74, 6) is 0.135. The molecule has 0 aliphatic rings. The number of nitrogens with one attached hydrogen (secondary N) is 1. The van der Waals surface area contributed by atoms with Crippen molar-refractivity contribution in [3.63, 3.8) is 0 Å². The molecule has 1 aromatic heterocycles. The van der Waals surface area contributed by atoms with Crippen LogP contribution in [-0.2, 0) is 11.3 Å². The summed E-state index contributed by atoms with van der Waals surface area (Å²) in [7, 11) is 0. The van der Waals surface area contributed by atoms with Crippen molar-refractivity contribution in [3.8, 4) is 0 Å². The first kappa shape index (κ1) is 14.7. The smallest absolute Gasteiger partial charge is 0.220 e. The molecule has 1 aromatic rings. The van der Waals surface area contributed by atoms with Gasteiger partial charge in [-0.3, -0.25) is 9.78 Å². The molecular formula is C15H24N2O. The van der Waals surface area contributed by atoms with Crippen LogP contribution < -0.4 is 5.32 Å². The summed E-state index contributed by atoms with van der Waals surface area (Å²) in [6.07, 6.45) is 9.67. The van der Waals surface area contributed by atoms with E-state index < -0.39 is 0 Å². The van der Waals surface area contributed by atoms with Gasteiger partial charge in [0.1, 0.15) is 0 Å². The maximum absolute atomic E-state index is 11.6. The van der Waals surface area contributed by atoms with Gasteiger partial charge >= 0.3 is 0 Å². The van der Waals surface area contributed by atoms with Crippen LogP contribution in [0.15, 0.2) is 24.4 Å². The van der Waals surface area contributed by atoms with Gasteiger partial charge in [0.25, 0.3) is 0 Å². The minimum absolute atomic E-state index is 0.135. The van der Waals surface area contributed by atoms with Crippen molar-refractivity contribution in [2.24, 2.45) is 0 Å². The van der Waals surface area contributed by atoms with E-state index >= 15 is 0 Å². The van der Waals surface area contributed by atoms with E-state index in [2.05, 4.69) is 17.2 Å². The van der Waals surface area contributed by atoms with Crippen molar-refractivity contribution in [3.05, 3.63) is 30.1 Å². The van der Waals surface area contributed by atoms with E-state index in [0.29, 0.717) is 13.0 Å². The minimum Gasteiger partial charge on any atom is -0.350 e. The molecule has 0 unspecified atom stereocenters. The zero-order valence-corrected chi connectivity index (χ0v) is 11.3. The summed E-state index contributed by atoms with van der Waals surface area (Å²) in [6, 6.07) is 5.73. The molecule has 0 atom stereocenters. The topological polar surface area (TPSA) is 42.0 Å². The molecule has 3 nitrogen and oxygen atoms in total. The summed E-state index contributed by atoms with van der Waals surface area (Å²) >= 11 is 0. The van der Waals surface area contributed by atoms with Gasteiger partial charge in [0.05, 0.1) is 12.2 Å². The van der Waals surface area contributed by atoms with Crippen molar-refractivity contribution in [1.29, 1.82) is 0 Å². The maximum Gasteiger partial charge on any atom is 0.220 e. The normalized spacial score (nSPS) is 10.3. The van der Waals surface area contributed by atoms with Crippen molar-refractivity contribution in [2.75, 3.05) is 0 Å². The van der Waals surface area contributed by atoms with Crippen LogP contribution in [0.1, 0.15) is 57.6 Å². The fourth-order valence-electron chi connectivity index (χ4n) is 1.85. The number of amides is 1. The minimum atomic E-state index is 0.135. The number of pyridine rings is 1. The Labute approximate surface area is 110 Å². The zero-order valence-electron chi connectivity index (χ0n) is 11.3. The van der Waals surface area contributed by atoms with Crippen LogP contribution in [-0.4, -0.2) is 10.9 Å². The average molecular weight is 248 g/mol. The van der Waals surface area contributed by atoms with E-state index in [1.54, 1.807) is 6.20 Å². The molecule has 0 spiro atoms. The molecule has 100 valence electrons. The summed E-state index contributed by atoms with van der Waals surface area (Å²) in [5.41, 5.74) is 0.911. The standard InChI is InChI=1S/C15H24N2O/c1-2-3-4-5-6-7-11-15(18)17-13-14-10-8-9-12-16-14/h8-10,12H,2-7,11,13H2,1H3,(H,17,18). The maximum atomic E-state index is 11.6. The lowest BCUT2D eigenvalue weighted by Gasteiger charge is -2.04. The second-order valence-electron chi connectivity index (χ2n) is 4.62. The monoisotopic (exact) mass is 248 g/mol. The van der Waals surface area contributed by atoms with Gasteiger partial charge in [-0.2, -0.15) is 0 Å². The molecular weight excluding hydrogens is 224 g/mol. The predicted octanol–water partition coefficient (Wildman–Crippen LogP) is 3.45. The van der Waals surface area contributed by atoms with Crippen molar-refractivity contribution < 1.29 is 4.79 Å². The van der Waals surface area contributed by atoms with E-state index in [0.717, 1.165) is 18.5 Å². The molecule has 3 heteroatoms. The van der Waals surface area contributed by atoms with Gasteiger partial charge in [-0.1, -0.05) is 45.1 Å². The Balaban J connectivity index is 2.01. The molecule has 1 N–H and O–H groups in total. The Morgan fingerprint density at radius 3 is 2.67 bits per heavy atom. The second-order valence-corrected chi connectivity index (χ2v) is 4.62. The van der Waals surface area contributed by atoms with Crippen molar-refractivity contribution in [2.45, 2.75) is 58.4 Å². The van der Waals surface area contributed by atoms with Crippen molar-refractivity contribution >= 4 is 5.91 Å². The number of hydrogen-bond acceptors (Lipinski definition) is 2. The quantitative estimate of drug-likeness (QED) is 0.680. The van der Waals surface area contributed by atoms with Crippen LogP contribution in [0.2, 0.25) is 0 Å². The van der Waals surface area contributed by atoms with Gasteiger partial charge in [-0.25, -0.2) is 0 Å². The Hall–Kier alpha value is -1.38.